The lowest BCUT2D eigenvalue weighted by Gasteiger charge is -2.13. The summed E-state index contributed by atoms with van der Waals surface area (Å²) >= 11 is 11.6. The third kappa shape index (κ3) is 4.48. The molecule has 0 saturated carbocycles. The Morgan fingerprint density at radius 3 is 2.38 bits per heavy atom. The van der Waals surface area contributed by atoms with E-state index in [1.165, 1.54) is 30.3 Å². The fourth-order valence-electron chi connectivity index (χ4n) is 2.28. The van der Waals surface area contributed by atoms with Crippen LogP contribution in [0.15, 0.2) is 42.5 Å². The number of halogens is 6. The molecule has 0 N–H and O–H groups in total. The maximum atomic E-state index is 14.2. The van der Waals surface area contributed by atoms with Gasteiger partial charge in [0.05, 0.1) is 5.56 Å². The summed E-state index contributed by atoms with van der Waals surface area (Å²) in [6.07, 6.45) is -6.85. The van der Waals surface area contributed by atoms with Gasteiger partial charge in [0.1, 0.15) is 6.17 Å². The Morgan fingerprint density at radius 1 is 1.08 bits per heavy atom. The number of hydrogen-bond donors (Lipinski definition) is 0. The van der Waals surface area contributed by atoms with Gasteiger partial charge in [0.25, 0.3) is 0 Å². The Balaban J connectivity index is 2.11. The molecule has 24 heavy (non-hydrogen) atoms. The average molecular weight is 379 g/mol. The zero-order chi connectivity index (χ0) is 17.9. The van der Waals surface area contributed by atoms with Crippen LogP contribution in [0.2, 0.25) is 10.0 Å². The van der Waals surface area contributed by atoms with Crippen molar-refractivity contribution < 1.29 is 22.4 Å². The van der Waals surface area contributed by atoms with Crippen molar-refractivity contribution in [1.29, 1.82) is 0 Å². The number of ketones is 1. The molecule has 0 saturated heterocycles. The fourth-order valence-corrected chi connectivity index (χ4v) is 2.80. The van der Waals surface area contributed by atoms with Crippen LogP contribution < -0.4 is 0 Å². The molecule has 7 heteroatoms. The van der Waals surface area contributed by atoms with Gasteiger partial charge in [0.15, 0.2) is 5.78 Å². The zero-order valence-corrected chi connectivity index (χ0v) is 13.7. The molecule has 0 aliphatic heterocycles. The lowest BCUT2D eigenvalue weighted by Crippen LogP contribution is -2.13. The van der Waals surface area contributed by atoms with E-state index in [1.54, 1.807) is 0 Å². The van der Waals surface area contributed by atoms with Crippen LogP contribution >= 0.6 is 23.2 Å². The molecule has 1 nitrogen and oxygen atoms in total. The van der Waals surface area contributed by atoms with Gasteiger partial charge in [-0.2, -0.15) is 13.2 Å². The molecule has 0 radical (unpaired) electrons. The fraction of sp³-hybridized carbons (Fsp3) is 0.235. The summed E-state index contributed by atoms with van der Waals surface area (Å²) in [5.74, 6) is -0.768. The first-order chi connectivity index (χ1) is 11.2. The molecule has 0 heterocycles. The molecule has 0 amide bonds. The van der Waals surface area contributed by atoms with Crippen molar-refractivity contribution in [3.8, 4) is 0 Å². The van der Waals surface area contributed by atoms with Gasteiger partial charge in [-0.05, 0) is 24.6 Å². The molecule has 0 aliphatic rings. The van der Waals surface area contributed by atoms with Crippen molar-refractivity contribution in [3.63, 3.8) is 0 Å². The van der Waals surface area contributed by atoms with Crippen LogP contribution in [0.3, 0.4) is 0 Å². The van der Waals surface area contributed by atoms with E-state index < -0.39 is 29.3 Å². The van der Waals surface area contributed by atoms with Crippen LogP contribution in [-0.2, 0) is 6.18 Å². The average Bonchev–Trinajstić information content (AvgIpc) is 2.51. The summed E-state index contributed by atoms with van der Waals surface area (Å²) in [7, 11) is 0. The summed E-state index contributed by atoms with van der Waals surface area (Å²) in [5.41, 5.74) is -1.33. The molecule has 0 spiro atoms. The molecular formula is C17H12Cl2F4O. The maximum Gasteiger partial charge on any atom is 0.417 e. The van der Waals surface area contributed by atoms with Gasteiger partial charge in [-0.3, -0.25) is 4.79 Å². The monoisotopic (exact) mass is 378 g/mol. The van der Waals surface area contributed by atoms with E-state index in [2.05, 4.69) is 0 Å². The van der Waals surface area contributed by atoms with Crippen LogP contribution in [0.5, 0.6) is 0 Å². The Bertz CT molecular complexity index is 744. The van der Waals surface area contributed by atoms with E-state index >= 15 is 0 Å². The number of rotatable bonds is 5. The normalized spacial score (nSPS) is 12.9. The number of carbonyl (C=O) groups excluding carboxylic acids is 1. The van der Waals surface area contributed by atoms with Gasteiger partial charge in [-0.25, -0.2) is 4.39 Å². The molecule has 0 aromatic heterocycles. The molecule has 2 aromatic rings. The topological polar surface area (TPSA) is 17.1 Å². The number of alkyl halides is 4. The quantitative estimate of drug-likeness (QED) is 0.418. The van der Waals surface area contributed by atoms with Gasteiger partial charge < -0.3 is 0 Å². The highest BCUT2D eigenvalue weighted by atomic mass is 35.5. The molecule has 1 unspecified atom stereocenters. The number of benzene rings is 2. The van der Waals surface area contributed by atoms with Gasteiger partial charge in [-0.1, -0.05) is 47.5 Å². The van der Waals surface area contributed by atoms with Crippen molar-refractivity contribution in [1.82, 2.24) is 0 Å². The Labute approximate surface area is 146 Å². The van der Waals surface area contributed by atoms with E-state index in [9.17, 15) is 22.4 Å². The summed E-state index contributed by atoms with van der Waals surface area (Å²) in [6.45, 7) is 0. The van der Waals surface area contributed by atoms with Crippen molar-refractivity contribution in [3.05, 3.63) is 69.2 Å². The van der Waals surface area contributed by atoms with E-state index in [0.29, 0.717) is 5.02 Å². The SMILES string of the molecule is O=C(CCC(F)c1ccc(Cl)cc1Cl)c1ccccc1C(F)(F)F. The zero-order valence-electron chi connectivity index (χ0n) is 12.2. The smallest absolute Gasteiger partial charge is 0.294 e. The molecule has 1 atom stereocenters. The highest BCUT2D eigenvalue weighted by molar-refractivity contribution is 6.35. The summed E-state index contributed by atoms with van der Waals surface area (Å²) in [4.78, 5) is 12.1. The van der Waals surface area contributed by atoms with Crippen LogP contribution in [0.4, 0.5) is 17.6 Å². The molecule has 0 aliphatic carbocycles. The summed E-state index contributed by atoms with van der Waals surface area (Å²) in [6, 6.07) is 8.67. The predicted molar refractivity (Wildman–Crippen MR) is 85.3 cm³/mol. The molecule has 0 fully saturated rings. The highest BCUT2D eigenvalue weighted by Crippen LogP contribution is 2.34. The number of Topliss-reactive ketones (excluding diaryl/α,β-unsaturated/α-hetero) is 1. The van der Waals surface area contributed by atoms with Crippen molar-refractivity contribution in [2.24, 2.45) is 0 Å². The van der Waals surface area contributed by atoms with Gasteiger partial charge in [0, 0.05) is 27.6 Å². The number of hydrogen-bond acceptors (Lipinski definition) is 1. The van der Waals surface area contributed by atoms with E-state index in [4.69, 9.17) is 23.2 Å². The molecule has 2 rings (SSSR count). The highest BCUT2D eigenvalue weighted by Gasteiger charge is 2.34. The van der Waals surface area contributed by atoms with E-state index in [1.807, 2.05) is 0 Å². The first-order valence-electron chi connectivity index (χ1n) is 6.98. The van der Waals surface area contributed by atoms with Gasteiger partial charge >= 0.3 is 6.18 Å². The first-order valence-corrected chi connectivity index (χ1v) is 7.74. The Kier molecular flexibility index (Phi) is 5.88. The van der Waals surface area contributed by atoms with Crippen LogP contribution in [0, 0.1) is 0 Å². The van der Waals surface area contributed by atoms with E-state index in [0.717, 1.165) is 12.1 Å². The third-order valence-corrected chi connectivity index (χ3v) is 4.02. The summed E-state index contributed by atoms with van der Waals surface area (Å²) in [5, 5.41) is 0.448. The predicted octanol–water partition coefficient (Wildman–Crippen LogP) is 6.69. The first kappa shape index (κ1) is 18.7. The van der Waals surface area contributed by atoms with Crippen molar-refractivity contribution >= 4 is 29.0 Å². The lowest BCUT2D eigenvalue weighted by molar-refractivity contribution is -0.137. The molecule has 2 aromatic carbocycles. The van der Waals surface area contributed by atoms with Crippen molar-refractivity contribution in [2.75, 3.05) is 0 Å². The lowest BCUT2D eigenvalue weighted by atomic mass is 9.97. The largest absolute Gasteiger partial charge is 0.417 e. The number of carbonyl (C=O) groups is 1. The second kappa shape index (κ2) is 7.53. The van der Waals surface area contributed by atoms with Gasteiger partial charge in [-0.15, -0.1) is 0 Å². The van der Waals surface area contributed by atoms with Crippen LogP contribution in [0.25, 0.3) is 0 Å². The Morgan fingerprint density at radius 2 is 1.75 bits per heavy atom. The van der Waals surface area contributed by atoms with E-state index in [-0.39, 0.29) is 23.4 Å². The molecule has 0 bridgehead atoms. The molecular weight excluding hydrogens is 367 g/mol. The third-order valence-electron chi connectivity index (χ3n) is 3.46. The minimum absolute atomic E-state index is 0.109. The standard InChI is InChI=1S/C17H12Cl2F4O/c18-10-5-6-12(14(19)9-10)15(20)7-8-16(24)11-3-1-2-4-13(11)17(21,22)23/h1-6,9,15H,7-8H2. The Hall–Kier alpha value is -1.59. The molecule has 128 valence electrons. The van der Waals surface area contributed by atoms with Gasteiger partial charge in [0.2, 0.25) is 0 Å². The minimum Gasteiger partial charge on any atom is -0.294 e. The maximum absolute atomic E-state index is 14.2. The minimum atomic E-state index is -4.64. The summed E-state index contributed by atoms with van der Waals surface area (Å²) < 4.78 is 53.0. The van der Waals surface area contributed by atoms with Crippen molar-refractivity contribution in [2.45, 2.75) is 25.2 Å². The van der Waals surface area contributed by atoms with Crippen LogP contribution in [-0.4, -0.2) is 5.78 Å². The second-order valence-electron chi connectivity index (χ2n) is 5.14. The van der Waals surface area contributed by atoms with Crippen LogP contribution in [0.1, 0.15) is 40.5 Å². The second-order valence-corrected chi connectivity index (χ2v) is 5.98.